The van der Waals surface area contributed by atoms with Crippen LogP contribution in [0.5, 0.6) is 0 Å². The predicted molar refractivity (Wildman–Crippen MR) is 112 cm³/mol. The molecule has 1 aliphatic carbocycles. The highest BCUT2D eigenvalue weighted by atomic mass is 32.2. The van der Waals surface area contributed by atoms with Crippen molar-refractivity contribution in [3.05, 3.63) is 59.9 Å². The van der Waals surface area contributed by atoms with Crippen LogP contribution in [0.3, 0.4) is 0 Å². The van der Waals surface area contributed by atoms with Crippen molar-refractivity contribution in [2.24, 2.45) is 0 Å². The number of anilines is 1. The number of carbonyl (C=O) groups excluding carboxylic acids is 1. The number of para-hydroxylation sites is 1. The first kappa shape index (κ1) is 18.4. The summed E-state index contributed by atoms with van der Waals surface area (Å²) in [6, 6.07) is 15.1. The summed E-state index contributed by atoms with van der Waals surface area (Å²) in [5.74, 6) is 0.573. The summed E-state index contributed by atoms with van der Waals surface area (Å²) in [6.45, 7) is 2.07. The van der Waals surface area contributed by atoms with Gasteiger partial charge in [0.05, 0.1) is 11.3 Å². The van der Waals surface area contributed by atoms with Gasteiger partial charge in [-0.05, 0) is 49.9 Å². The standard InChI is InChI=1S/C22H21FN4OS/c1-14-12-15-6-2-5-9-19(15)26(14)20(28)13-29-22-25-24-21(27(22)16-10-11-16)17-7-3-4-8-18(17)23/h2-9,14,16H,10-13H2,1H3/t14-/m0/s1. The van der Waals surface area contributed by atoms with Crippen molar-refractivity contribution < 1.29 is 9.18 Å². The molecule has 1 atom stereocenters. The Balaban J connectivity index is 1.38. The van der Waals surface area contributed by atoms with Crippen LogP contribution in [0.25, 0.3) is 11.4 Å². The van der Waals surface area contributed by atoms with E-state index < -0.39 is 0 Å². The third-order valence-corrected chi connectivity index (χ3v) is 6.42. The minimum Gasteiger partial charge on any atom is -0.308 e. The summed E-state index contributed by atoms with van der Waals surface area (Å²) in [5.41, 5.74) is 2.66. The van der Waals surface area contributed by atoms with Crippen LogP contribution in [0.2, 0.25) is 0 Å². The normalized spacial score (nSPS) is 18.1. The minimum absolute atomic E-state index is 0.0604. The highest BCUT2D eigenvalue weighted by Crippen LogP contribution is 2.41. The summed E-state index contributed by atoms with van der Waals surface area (Å²) in [6.07, 6.45) is 2.93. The number of fused-ring (bicyclic) bond motifs is 1. The zero-order valence-electron chi connectivity index (χ0n) is 16.1. The lowest BCUT2D eigenvalue weighted by Gasteiger charge is -2.22. The second-order valence-electron chi connectivity index (χ2n) is 7.62. The molecule has 2 aliphatic rings. The van der Waals surface area contributed by atoms with Crippen molar-refractivity contribution in [1.29, 1.82) is 0 Å². The molecular formula is C22H21FN4OS. The number of halogens is 1. The molecule has 1 saturated carbocycles. The Morgan fingerprint density at radius 2 is 1.90 bits per heavy atom. The van der Waals surface area contributed by atoms with E-state index in [0.29, 0.717) is 16.5 Å². The average Bonchev–Trinajstić information content (AvgIpc) is 3.38. The van der Waals surface area contributed by atoms with Crippen molar-refractivity contribution in [2.45, 2.75) is 43.4 Å². The predicted octanol–water partition coefficient (Wildman–Crippen LogP) is 4.49. The molecule has 0 radical (unpaired) electrons. The summed E-state index contributed by atoms with van der Waals surface area (Å²) >= 11 is 1.38. The summed E-state index contributed by atoms with van der Waals surface area (Å²) < 4.78 is 16.3. The van der Waals surface area contributed by atoms with Gasteiger partial charge in [-0.3, -0.25) is 9.36 Å². The van der Waals surface area contributed by atoms with Crippen molar-refractivity contribution in [2.75, 3.05) is 10.7 Å². The molecule has 0 spiro atoms. The van der Waals surface area contributed by atoms with Crippen LogP contribution in [0, 0.1) is 5.82 Å². The third kappa shape index (κ3) is 3.33. The van der Waals surface area contributed by atoms with Crippen LogP contribution in [0.4, 0.5) is 10.1 Å². The van der Waals surface area contributed by atoms with Crippen molar-refractivity contribution in [3.63, 3.8) is 0 Å². The van der Waals surface area contributed by atoms with E-state index >= 15 is 0 Å². The van der Waals surface area contributed by atoms with Crippen LogP contribution in [0.15, 0.2) is 53.7 Å². The Morgan fingerprint density at radius 3 is 2.69 bits per heavy atom. The molecule has 0 unspecified atom stereocenters. The van der Waals surface area contributed by atoms with Gasteiger partial charge in [0, 0.05) is 17.8 Å². The zero-order valence-corrected chi connectivity index (χ0v) is 16.9. The minimum atomic E-state index is -0.308. The topological polar surface area (TPSA) is 51.0 Å². The molecule has 1 aliphatic heterocycles. The number of nitrogens with zero attached hydrogens (tertiary/aromatic N) is 4. The van der Waals surface area contributed by atoms with E-state index in [1.165, 1.54) is 23.4 Å². The van der Waals surface area contributed by atoms with Gasteiger partial charge in [0.25, 0.3) is 0 Å². The number of amides is 1. The Hall–Kier alpha value is -2.67. The fourth-order valence-corrected chi connectivity index (χ4v) is 4.87. The smallest absolute Gasteiger partial charge is 0.237 e. The number of rotatable bonds is 5. The van der Waals surface area contributed by atoms with Gasteiger partial charge in [-0.15, -0.1) is 10.2 Å². The van der Waals surface area contributed by atoms with Gasteiger partial charge in [-0.1, -0.05) is 42.1 Å². The van der Waals surface area contributed by atoms with E-state index in [-0.39, 0.29) is 29.6 Å². The molecule has 3 aromatic rings. The molecule has 29 heavy (non-hydrogen) atoms. The lowest BCUT2D eigenvalue weighted by molar-refractivity contribution is -0.116. The van der Waals surface area contributed by atoms with E-state index in [4.69, 9.17) is 0 Å². The van der Waals surface area contributed by atoms with E-state index in [2.05, 4.69) is 23.2 Å². The SMILES string of the molecule is C[C@H]1Cc2ccccc2N1C(=O)CSc1nnc(-c2ccccc2F)n1C1CC1. The van der Waals surface area contributed by atoms with Crippen LogP contribution >= 0.6 is 11.8 Å². The van der Waals surface area contributed by atoms with Crippen LogP contribution in [0.1, 0.15) is 31.4 Å². The lowest BCUT2D eigenvalue weighted by atomic mass is 10.1. The fraction of sp³-hybridized carbons (Fsp3) is 0.318. The highest BCUT2D eigenvalue weighted by molar-refractivity contribution is 7.99. The van der Waals surface area contributed by atoms with Crippen LogP contribution < -0.4 is 4.90 Å². The molecule has 5 nitrogen and oxygen atoms in total. The highest BCUT2D eigenvalue weighted by Gasteiger charge is 2.33. The Bertz CT molecular complexity index is 1080. The van der Waals surface area contributed by atoms with Gasteiger partial charge in [0.2, 0.25) is 5.91 Å². The van der Waals surface area contributed by atoms with Crippen molar-refractivity contribution in [1.82, 2.24) is 14.8 Å². The number of hydrogen-bond donors (Lipinski definition) is 0. The monoisotopic (exact) mass is 408 g/mol. The molecule has 0 bridgehead atoms. The Morgan fingerprint density at radius 1 is 1.14 bits per heavy atom. The Kier molecular flexibility index (Phi) is 4.62. The van der Waals surface area contributed by atoms with E-state index in [0.717, 1.165) is 24.9 Å². The van der Waals surface area contributed by atoms with Gasteiger partial charge in [0.15, 0.2) is 11.0 Å². The number of carbonyl (C=O) groups is 1. The molecule has 1 aromatic heterocycles. The molecule has 0 saturated heterocycles. The molecule has 7 heteroatoms. The molecule has 0 N–H and O–H groups in total. The maximum atomic E-state index is 14.3. The Labute approximate surface area is 172 Å². The maximum Gasteiger partial charge on any atom is 0.237 e. The zero-order chi connectivity index (χ0) is 20.0. The number of benzene rings is 2. The molecule has 1 fully saturated rings. The second-order valence-corrected chi connectivity index (χ2v) is 8.56. The second kappa shape index (κ2) is 7.30. The number of hydrogen-bond acceptors (Lipinski definition) is 4. The molecule has 2 aromatic carbocycles. The summed E-state index contributed by atoms with van der Waals surface area (Å²) in [4.78, 5) is 14.9. The van der Waals surface area contributed by atoms with Gasteiger partial charge in [-0.25, -0.2) is 4.39 Å². The van der Waals surface area contributed by atoms with Crippen molar-refractivity contribution in [3.8, 4) is 11.4 Å². The van der Waals surface area contributed by atoms with Gasteiger partial charge in [-0.2, -0.15) is 0 Å². The number of aromatic nitrogens is 3. The van der Waals surface area contributed by atoms with Gasteiger partial charge >= 0.3 is 0 Å². The molecular weight excluding hydrogens is 387 g/mol. The van der Waals surface area contributed by atoms with E-state index in [1.807, 2.05) is 27.7 Å². The van der Waals surface area contributed by atoms with E-state index in [9.17, 15) is 9.18 Å². The summed E-state index contributed by atoms with van der Waals surface area (Å²) in [5, 5.41) is 9.24. The molecule has 5 rings (SSSR count). The third-order valence-electron chi connectivity index (χ3n) is 5.49. The van der Waals surface area contributed by atoms with Gasteiger partial charge < -0.3 is 4.90 Å². The first-order valence-electron chi connectivity index (χ1n) is 9.86. The number of thioether (sulfide) groups is 1. The average molecular weight is 409 g/mol. The molecule has 2 heterocycles. The largest absolute Gasteiger partial charge is 0.308 e. The fourth-order valence-electron chi connectivity index (χ4n) is 4.00. The van der Waals surface area contributed by atoms with E-state index in [1.54, 1.807) is 18.2 Å². The van der Waals surface area contributed by atoms with Crippen LogP contribution in [-0.2, 0) is 11.2 Å². The molecule has 1 amide bonds. The first-order valence-corrected chi connectivity index (χ1v) is 10.8. The molecule has 148 valence electrons. The summed E-state index contributed by atoms with van der Waals surface area (Å²) in [7, 11) is 0. The lowest BCUT2D eigenvalue weighted by Crippen LogP contribution is -2.37. The maximum absolute atomic E-state index is 14.3. The quantitative estimate of drug-likeness (QED) is 0.584. The first-order chi connectivity index (χ1) is 14.1. The van der Waals surface area contributed by atoms with Gasteiger partial charge in [0.1, 0.15) is 5.82 Å². The van der Waals surface area contributed by atoms with Crippen LogP contribution in [-0.4, -0.2) is 32.5 Å². The van der Waals surface area contributed by atoms with Crippen molar-refractivity contribution >= 4 is 23.4 Å².